The minimum absolute atomic E-state index is 0.00135. The van der Waals surface area contributed by atoms with Crippen LogP contribution < -0.4 is 16.0 Å². The molecule has 1 heterocycles. The number of rotatable bonds is 2. The second kappa shape index (κ2) is 5.61. The monoisotopic (exact) mass is 258 g/mol. The van der Waals surface area contributed by atoms with Gasteiger partial charge in [0.25, 0.3) is 0 Å². The van der Waals surface area contributed by atoms with Crippen LogP contribution in [0.1, 0.15) is 24.8 Å². The van der Waals surface area contributed by atoms with Crippen molar-refractivity contribution in [3.05, 3.63) is 23.8 Å². The van der Waals surface area contributed by atoms with Gasteiger partial charge in [0.1, 0.15) is 6.04 Å². The van der Waals surface area contributed by atoms with E-state index < -0.39 is 0 Å². The molecule has 0 saturated carbocycles. The van der Waals surface area contributed by atoms with Crippen LogP contribution in [0.15, 0.2) is 18.2 Å². The molecule has 0 bridgehead atoms. The van der Waals surface area contributed by atoms with Gasteiger partial charge in [-0.15, -0.1) is 0 Å². The van der Waals surface area contributed by atoms with Crippen LogP contribution in [-0.4, -0.2) is 25.5 Å². The van der Waals surface area contributed by atoms with Gasteiger partial charge in [-0.05, 0) is 37.5 Å². The molecule has 0 aromatic heterocycles. The van der Waals surface area contributed by atoms with Crippen molar-refractivity contribution in [2.24, 2.45) is 0 Å². The Hall–Kier alpha value is -2.22. The molecule has 5 nitrogen and oxygen atoms in total. The Morgan fingerprint density at radius 2 is 2.32 bits per heavy atom. The second-order valence-corrected chi connectivity index (χ2v) is 4.70. The summed E-state index contributed by atoms with van der Waals surface area (Å²) in [5, 5.41) is 11.7. The van der Waals surface area contributed by atoms with E-state index in [9.17, 15) is 4.79 Å². The minimum atomic E-state index is -0.199. The number of carbonyl (C=O) groups excluding carboxylic acids is 1. The van der Waals surface area contributed by atoms with E-state index in [1.807, 2.05) is 4.90 Å². The van der Waals surface area contributed by atoms with Crippen LogP contribution in [0.4, 0.5) is 11.4 Å². The van der Waals surface area contributed by atoms with Gasteiger partial charge in [-0.1, -0.05) is 0 Å². The SMILES string of the molecule is CNC(=O)C1CCCCN1c1cc(C#N)ccc1N. The maximum absolute atomic E-state index is 12.0. The van der Waals surface area contributed by atoms with Crippen LogP contribution in [0.2, 0.25) is 0 Å². The summed E-state index contributed by atoms with van der Waals surface area (Å²) in [6, 6.07) is 7.09. The number of nitrogen functional groups attached to an aromatic ring is 1. The van der Waals surface area contributed by atoms with Gasteiger partial charge < -0.3 is 16.0 Å². The summed E-state index contributed by atoms with van der Waals surface area (Å²) in [5.74, 6) is 0.00135. The van der Waals surface area contributed by atoms with Crippen molar-refractivity contribution in [1.82, 2.24) is 5.32 Å². The van der Waals surface area contributed by atoms with Gasteiger partial charge >= 0.3 is 0 Å². The largest absolute Gasteiger partial charge is 0.397 e. The lowest BCUT2D eigenvalue weighted by Gasteiger charge is -2.37. The van der Waals surface area contributed by atoms with Crippen LogP contribution >= 0.6 is 0 Å². The van der Waals surface area contributed by atoms with Gasteiger partial charge in [0.2, 0.25) is 5.91 Å². The average Bonchev–Trinajstić information content (AvgIpc) is 2.47. The molecule has 19 heavy (non-hydrogen) atoms. The third kappa shape index (κ3) is 2.63. The molecule has 1 atom stereocenters. The van der Waals surface area contributed by atoms with Gasteiger partial charge in [-0.3, -0.25) is 4.79 Å². The number of nitrogens with zero attached hydrogens (tertiary/aromatic N) is 2. The van der Waals surface area contributed by atoms with Crippen molar-refractivity contribution in [1.29, 1.82) is 5.26 Å². The normalized spacial score (nSPS) is 18.7. The highest BCUT2D eigenvalue weighted by atomic mass is 16.2. The molecule has 1 amide bonds. The molecule has 5 heteroatoms. The van der Waals surface area contributed by atoms with Crippen LogP contribution in [0.3, 0.4) is 0 Å². The fraction of sp³-hybridized carbons (Fsp3) is 0.429. The van der Waals surface area contributed by atoms with Crippen molar-refractivity contribution in [2.75, 3.05) is 24.2 Å². The molecule has 1 aromatic rings. The molecular weight excluding hydrogens is 240 g/mol. The number of nitrogens with one attached hydrogen (secondary N) is 1. The summed E-state index contributed by atoms with van der Waals surface area (Å²) in [6.45, 7) is 0.789. The van der Waals surface area contributed by atoms with Crippen molar-refractivity contribution < 1.29 is 4.79 Å². The number of carbonyl (C=O) groups is 1. The average molecular weight is 258 g/mol. The summed E-state index contributed by atoms with van der Waals surface area (Å²) in [7, 11) is 1.64. The van der Waals surface area contributed by atoms with E-state index in [2.05, 4.69) is 11.4 Å². The smallest absolute Gasteiger partial charge is 0.242 e. The van der Waals surface area contributed by atoms with Gasteiger partial charge in [-0.2, -0.15) is 5.26 Å². The third-order valence-corrected chi connectivity index (χ3v) is 3.52. The van der Waals surface area contributed by atoms with Crippen molar-refractivity contribution in [3.63, 3.8) is 0 Å². The number of anilines is 2. The zero-order valence-corrected chi connectivity index (χ0v) is 11.0. The van der Waals surface area contributed by atoms with Gasteiger partial charge in [0, 0.05) is 13.6 Å². The third-order valence-electron chi connectivity index (χ3n) is 3.52. The van der Waals surface area contributed by atoms with E-state index in [0.29, 0.717) is 11.3 Å². The second-order valence-electron chi connectivity index (χ2n) is 4.70. The fourth-order valence-electron chi connectivity index (χ4n) is 2.52. The van der Waals surface area contributed by atoms with E-state index in [-0.39, 0.29) is 11.9 Å². The first-order chi connectivity index (χ1) is 9.17. The molecule has 1 saturated heterocycles. The standard InChI is InChI=1S/C14H18N4O/c1-17-14(19)12-4-2-3-7-18(12)13-8-10(9-15)5-6-11(13)16/h5-6,8,12H,2-4,7,16H2,1H3,(H,17,19). The van der Waals surface area contributed by atoms with Gasteiger partial charge in [0.15, 0.2) is 0 Å². The number of likely N-dealkylation sites (N-methyl/N-ethyl adjacent to an activating group) is 1. The highest BCUT2D eigenvalue weighted by Gasteiger charge is 2.29. The molecule has 3 N–H and O–H groups in total. The Morgan fingerprint density at radius 3 is 3.00 bits per heavy atom. The molecule has 1 aliphatic rings. The molecule has 2 rings (SSSR count). The molecule has 1 fully saturated rings. The summed E-state index contributed by atoms with van der Waals surface area (Å²) < 4.78 is 0. The topological polar surface area (TPSA) is 82.2 Å². The highest BCUT2D eigenvalue weighted by molar-refractivity contribution is 5.87. The Balaban J connectivity index is 2.37. The molecule has 1 aromatic carbocycles. The first kappa shape index (κ1) is 13.2. The Morgan fingerprint density at radius 1 is 1.53 bits per heavy atom. The van der Waals surface area contributed by atoms with Crippen molar-refractivity contribution in [2.45, 2.75) is 25.3 Å². The fourth-order valence-corrected chi connectivity index (χ4v) is 2.52. The van der Waals surface area contributed by atoms with Gasteiger partial charge in [-0.25, -0.2) is 0 Å². The number of nitrogens with two attached hydrogens (primary N) is 1. The number of nitriles is 1. The number of hydrogen-bond acceptors (Lipinski definition) is 4. The van der Waals surface area contributed by atoms with E-state index in [1.54, 1.807) is 25.2 Å². The van der Waals surface area contributed by atoms with Crippen molar-refractivity contribution in [3.8, 4) is 6.07 Å². The first-order valence-corrected chi connectivity index (χ1v) is 6.45. The minimum Gasteiger partial charge on any atom is -0.397 e. The maximum Gasteiger partial charge on any atom is 0.242 e. The lowest BCUT2D eigenvalue weighted by atomic mass is 9.99. The zero-order valence-electron chi connectivity index (χ0n) is 11.0. The quantitative estimate of drug-likeness (QED) is 0.782. The summed E-state index contributed by atoms with van der Waals surface area (Å²) in [4.78, 5) is 14.0. The number of amides is 1. The predicted molar refractivity (Wildman–Crippen MR) is 74.6 cm³/mol. The Kier molecular flexibility index (Phi) is 3.91. The van der Waals surface area contributed by atoms with E-state index in [0.717, 1.165) is 31.5 Å². The number of benzene rings is 1. The summed E-state index contributed by atoms with van der Waals surface area (Å²) in [5.41, 5.74) is 7.95. The molecule has 0 aliphatic carbocycles. The lowest BCUT2D eigenvalue weighted by Crippen LogP contribution is -2.49. The summed E-state index contributed by atoms with van der Waals surface area (Å²) >= 11 is 0. The summed E-state index contributed by atoms with van der Waals surface area (Å²) in [6.07, 6.45) is 2.88. The van der Waals surface area contributed by atoms with E-state index in [1.165, 1.54) is 0 Å². The predicted octanol–water partition coefficient (Wildman–Crippen LogP) is 1.25. The number of piperidine rings is 1. The van der Waals surface area contributed by atoms with E-state index >= 15 is 0 Å². The first-order valence-electron chi connectivity index (χ1n) is 6.45. The van der Waals surface area contributed by atoms with Gasteiger partial charge in [0.05, 0.1) is 23.0 Å². The lowest BCUT2D eigenvalue weighted by molar-refractivity contribution is -0.122. The van der Waals surface area contributed by atoms with Crippen LogP contribution in [0.5, 0.6) is 0 Å². The molecular formula is C14H18N4O. The highest BCUT2D eigenvalue weighted by Crippen LogP contribution is 2.30. The Labute approximate surface area is 113 Å². The molecule has 0 spiro atoms. The molecule has 1 unspecified atom stereocenters. The zero-order chi connectivity index (χ0) is 13.8. The van der Waals surface area contributed by atoms with Crippen LogP contribution in [0.25, 0.3) is 0 Å². The molecule has 100 valence electrons. The molecule has 0 radical (unpaired) electrons. The Bertz CT molecular complexity index is 521. The van der Waals surface area contributed by atoms with Crippen LogP contribution in [0, 0.1) is 11.3 Å². The van der Waals surface area contributed by atoms with Crippen LogP contribution in [-0.2, 0) is 4.79 Å². The molecule has 1 aliphatic heterocycles. The van der Waals surface area contributed by atoms with Crippen molar-refractivity contribution >= 4 is 17.3 Å². The van der Waals surface area contributed by atoms with E-state index in [4.69, 9.17) is 11.0 Å². The maximum atomic E-state index is 12.0. The number of hydrogen-bond donors (Lipinski definition) is 2.